The minimum atomic E-state index is 0.248. The molecule has 0 bridgehead atoms. The third kappa shape index (κ3) is 3.14. The second-order valence-corrected chi connectivity index (χ2v) is 6.50. The van der Waals surface area contributed by atoms with E-state index in [0.29, 0.717) is 6.54 Å². The van der Waals surface area contributed by atoms with E-state index in [1.54, 1.807) is 0 Å². The highest BCUT2D eigenvalue weighted by Gasteiger charge is 2.23. The second kappa shape index (κ2) is 6.63. The summed E-state index contributed by atoms with van der Waals surface area (Å²) in [5, 5.41) is 0. The number of nitrogens with zero attached hydrogens (tertiary/aromatic N) is 1. The first kappa shape index (κ1) is 14.6. The van der Waals surface area contributed by atoms with Crippen molar-refractivity contribution in [1.82, 2.24) is 0 Å². The van der Waals surface area contributed by atoms with E-state index >= 15 is 0 Å². The molecular weight excluding hydrogens is 324 g/mol. The normalized spacial score (nSPS) is 16.2. The van der Waals surface area contributed by atoms with Gasteiger partial charge < -0.3 is 10.6 Å². The Morgan fingerprint density at radius 1 is 1.05 bits per heavy atom. The van der Waals surface area contributed by atoms with Gasteiger partial charge in [-0.05, 0) is 48.6 Å². The lowest BCUT2D eigenvalue weighted by Crippen LogP contribution is -2.34. The van der Waals surface area contributed by atoms with Gasteiger partial charge in [-0.2, -0.15) is 0 Å². The average Bonchev–Trinajstić information content (AvgIpc) is 2.73. The molecule has 0 radical (unpaired) electrons. The number of aryl methyl sites for hydroxylation is 1. The van der Waals surface area contributed by atoms with Crippen LogP contribution in [0.15, 0.2) is 53.0 Å². The molecule has 0 saturated carbocycles. The summed E-state index contributed by atoms with van der Waals surface area (Å²) < 4.78 is 1.11. The summed E-state index contributed by atoms with van der Waals surface area (Å²) in [4.78, 5) is 2.49. The van der Waals surface area contributed by atoms with Crippen molar-refractivity contribution in [2.45, 2.75) is 25.3 Å². The summed E-state index contributed by atoms with van der Waals surface area (Å²) in [6, 6.07) is 17.6. The maximum Gasteiger partial charge on any atom is 0.0664 e. The summed E-state index contributed by atoms with van der Waals surface area (Å²) in [6.07, 6.45) is 3.65. The highest BCUT2D eigenvalue weighted by molar-refractivity contribution is 9.10. The lowest BCUT2D eigenvalue weighted by Gasteiger charge is -2.33. The van der Waals surface area contributed by atoms with Crippen molar-refractivity contribution in [1.29, 1.82) is 0 Å². The maximum absolute atomic E-state index is 6.13. The van der Waals surface area contributed by atoms with Crippen molar-refractivity contribution in [2.75, 3.05) is 18.0 Å². The molecule has 0 fully saturated rings. The fourth-order valence-corrected chi connectivity index (χ4v) is 3.44. The second-order valence-electron chi connectivity index (χ2n) is 5.58. The van der Waals surface area contributed by atoms with E-state index in [-0.39, 0.29) is 6.04 Å². The van der Waals surface area contributed by atoms with Gasteiger partial charge in [0.1, 0.15) is 0 Å². The summed E-state index contributed by atoms with van der Waals surface area (Å²) >= 11 is 3.51. The standard InChI is InChI=1S/C18H21BrN2/c19-16-10-8-15(9-11-16)18(13-20)21-12-4-3-6-14-5-1-2-7-17(14)21/h1-2,5,7-11,18H,3-4,6,12-13,20H2. The van der Waals surface area contributed by atoms with Crippen LogP contribution in [0.1, 0.15) is 30.0 Å². The van der Waals surface area contributed by atoms with Gasteiger partial charge in [-0.15, -0.1) is 0 Å². The Balaban J connectivity index is 1.98. The van der Waals surface area contributed by atoms with Crippen LogP contribution in [0.25, 0.3) is 0 Å². The van der Waals surface area contributed by atoms with E-state index in [4.69, 9.17) is 5.73 Å². The van der Waals surface area contributed by atoms with E-state index in [1.807, 2.05) is 0 Å². The van der Waals surface area contributed by atoms with Crippen LogP contribution in [0.5, 0.6) is 0 Å². The third-order valence-electron chi connectivity index (χ3n) is 4.25. The minimum absolute atomic E-state index is 0.248. The molecule has 3 rings (SSSR count). The Hall–Kier alpha value is -1.32. The van der Waals surface area contributed by atoms with E-state index in [0.717, 1.165) is 11.0 Å². The lowest BCUT2D eigenvalue weighted by molar-refractivity contribution is 0.611. The number of benzene rings is 2. The summed E-state index contributed by atoms with van der Waals surface area (Å²) in [5.74, 6) is 0. The highest BCUT2D eigenvalue weighted by atomic mass is 79.9. The van der Waals surface area contributed by atoms with E-state index in [1.165, 1.54) is 36.1 Å². The molecule has 2 N–H and O–H groups in total. The number of halogens is 1. The van der Waals surface area contributed by atoms with Crippen LogP contribution >= 0.6 is 15.9 Å². The molecule has 0 saturated heterocycles. The summed E-state index contributed by atoms with van der Waals surface area (Å²) in [5.41, 5.74) is 10.2. The molecule has 1 unspecified atom stereocenters. The Morgan fingerprint density at radius 3 is 2.57 bits per heavy atom. The molecule has 3 heteroatoms. The van der Waals surface area contributed by atoms with Crippen molar-refractivity contribution >= 4 is 21.6 Å². The van der Waals surface area contributed by atoms with Crippen LogP contribution < -0.4 is 10.6 Å². The molecule has 1 heterocycles. The topological polar surface area (TPSA) is 29.3 Å². The molecule has 1 aliphatic rings. The lowest BCUT2D eigenvalue weighted by atomic mass is 10.0. The molecule has 1 atom stereocenters. The van der Waals surface area contributed by atoms with Crippen molar-refractivity contribution in [2.24, 2.45) is 5.73 Å². The average molecular weight is 345 g/mol. The molecular formula is C18H21BrN2. The third-order valence-corrected chi connectivity index (χ3v) is 4.78. The summed E-state index contributed by atoms with van der Waals surface area (Å²) in [6.45, 7) is 1.71. The largest absolute Gasteiger partial charge is 0.363 e. The Bertz CT molecular complexity index is 594. The van der Waals surface area contributed by atoms with E-state index in [9.17, 15) is 0 Å². The summed E-state index contributed by atoms with van der Waals surface area (Å²) in [7, 11) is 0. The van der Waals surface area contributed by atoms with Crippen LogP contribution in [0, 0.1) is 0 Å². The molecule has 0 aliphatic carbocycles. The van der Waals surface area contributed by atoms with Gasteiger partial charge in [0.25, 0.3) is 0 Å². The van der Waals surface area contributed by atoms with Crippen molar-refractivity contribution in [3.8, 4) is 0 Å². The SMILES string of the molecule is NCC(c1ccc(Br)cc1)N1CCCCc2ccccc21. The molecule has 2 aromatic rings. The molecule has 1 aliphatic heterocycles. The molecule has 110 valence electrons. The predicted molar refractivity (Wildman–Crippen MR) is 92.7 cm³/mol. The molecule has 2 nitrogen and oxygen atoms in total. The van der Waals surface area contributed by atoms with Crippen LogP contribution in [-0.4, -0.2) is 13.1 Å². The number of anilines is 1. The van der Waals surface area contributed by atoms with Gasteiger partial charge in [0, 0.05) is 23.2 Å². The van der Waals surface area contributed by atoms with Crippen molar-refractivity contribution < 1.29 is 0 Å². The Kier molecular flexibility index (Phi) is 4.61. The van der Waals surface area contributed by atoms with Gasteiger partial charge in [0.05, 0.1) is 6.04 Å². The first-order valence-electron chi connectivity index (χ1n) is 7.59. The quantitative estimate of drug-likeness (QED) is 0.899. The number of hydrogen-bond donors (Lipinski definition) is 1. The number of fused-ring (bicyclic) bond motifs is 1. The van der Waals surface area contributed by atoms with Crippen LogP contribution in [0.3, 0.4) is 0 Å². The van der Waals surface area contributed by atoms with Gasteiger partial charge >= 0.3 is 0 Å². The van der Waals surface area contributed by atoms with E-state index < -0.39 is 0 Å². The Labute approximate surface area is 135 Å². The monoisotopic (exact) mass is 344 g/mol. The van der Waals surface area contributed by atoms with Gasteiger partial charge in [-0.1, -0.05) is 46.3 Å². The number of rotatable bonds is 3. The molecule has 0 spiro atoms. The fourth-order valence-electron chi connectivity index (χ4n) is 3.17. The molecule has 21 heavy (non-hydrogen) atoms. The van der Waals surface area contributed by atoms with Gasteiger partial charge in [0.15, 0.2) is 0 Å². The van der Waals surface area contributed by atoms with Crippen molar-refractivity contribution in [3.63, 3.8) is 0 Å². The number of para-hydroxylation sites is 1. The zero-order valence-corrected chi connectivity index (χ0v) is 13.7. The highest BCUT2D eigenvalue weighted by Crippen LogP contribution is 2.33. The zero-order chi connectivity index (χ0) is 14.7. The molecule has 0 aromatic heterocycles. The van der Waals surface area contributed by atoms with Gasteiger partial charge in [-0.3, -0.25) is 0 Å². The first-order valence-corrected chi connectivity index (χ1v) is 8.39. The van der Waals surface area contributed by atoms with Gasteiger partial charge in [0.2, 0.25) is 0 Å². The Morgan fingerprint density at radius 2 is 1.81 bits per heavy atom. The maximum atomic E-state index is 6.13. The van der Waals surface area contributed by atoms with Crippen LogP contribution in [-0.2, 0) is 6.42 Å². The first-order chi connectivity index (χ1) is 10.3. The predicted octanol–water partition coefficient (Wildman–Crippen LogP) is 4.29. The number of hydrogen-bond acceptors (Lipinski definition) is 2. The zero-order valence-electron chi connectivity index (χ0n) is 12.1. The molecule has 2 aromatic carbocycles. The van der Waals surface area contributed by atoms with E-state index in [2.05, 4.69) is 69.4 Å². The number of nitrogens with two attached hydrogens (primary N) is 1. The van der Waals surface area contributed by atoms with Gasteiger partial charge in [-0.25, -0.2) is 0 Å². The van der Waals surface area contributed by atoms with Crippen LogP contribution in [0.2, 0.25) is 0 Å². The molecule has 0 amide bonds. The van der Waals surface area contributed by atoms with Crippen molar-refractivity contribution in [3.05, 3.63) is 64.1 Å². The van der Waals surface area contributed by atoms with Crippen LogP contribution in [0.4, 0.5) is 5.69 Å². The smallest absolute Gasteiger partial charge is 0.0664 e. The minimum Gasteiger partial charge on any atom is -0.363 e. The fraction of sp³-hybridized carbons (Fsp3) is 0.333.